The number of hydrogen-bond acceptors (Lipinski definition) is 3. The number of rotatable bonds is 7. The Kier molecular flexibility index (Phi) is 5.69. The molecule has 3 nitrogen and oxygen atoms in total. The summed E-state index contributed by atoms with van der Waals surface area (Å²) in [5.41, 5.74) is 0.870. The van der Waals surface area contributed by atoms with Gasteiger partial charge in [-0.3, -0.25) is 0 Å². The number of nitrogens with one attached hydrogen (secondary N) is 1. The molecule has 96 valence electrons. The van der Waals surface area contributed by atoms with Crippen LogP contribution in [-0.2, 0) is 4.74 Å². The van der Waals surface area contributed by atoms with Crippen molar-refractivity contribution in [3.8, 4) is 5.75 Å². The summed E-state index contributed by atoms with van der Waals surface area (Å²) in [5, 5.41) is 3.19. The molecule has 1 aromatic rings. The van der Waals surface area contributed by atoms with E-state index in [1.54, 1.807) is 19.2 Å². The first-order valence-corrected chi connectivity index (χ1v) is 5.39. The Balaban J connectivity index is 2.40. The summed E-state index contributed by atoms with van der Waals surface area (Å²) >= 11 is 0. The van der Waals surface area contributed by atoms with Crippen molar-refractivity contribution in [3.63, 3.8) is 0 Å². The normalized spacial score (nSPS) is 12.5. The van der Waals surface area contributed by atoms with Crippen molar-refractivity contribution in [1.29, 1.82) is 0 Å². The summed E-state index contributed by atoms with van der Waals surface area (Å²) in [6.45, 7) is 0.725. The topological polar surface area (TPSA) is 30.5 Å². The zero-order valence-electron chi connectivity index (χ0n) is 9.95. The number of halogens is 2. The smallest absolute Gasteiger partial charge is 0.387 e. The second-order valence-electron chi connectivity index (χ2n) is 3.84. The van der Waals surface area contributed by atoms with E-state index in [9.17, 15) is 8.78 Å². The maximum absolute atomic E-state index is 11.9. The van der Waals surface area contributed by atoms with Crippen LogP contribution < -0.4 is 10.1 Å². The summed E-state index contributed by atoms with van der Waals surface area (Å²) in [6.07, 6.45) is 0. The van der Waals surface area contributed by atoms with Crippen LogP contribution in [0.25, 0.3) is 0 Å². The van der Waals surface area contributed by atoms with E-state index in [1.807, 2.05) is 0 Å². The summed E-state index contributed by atoms with van der Waals surface area (Å²) in [5.74, 6) is 0.549. The molecular formula is C12H17F2NO2. The number of anilines is 1. The molecule has 0 fully saturated rings. The Bertz CT molecular complexity index is 317. The van der Waals surface area contributed by atoms with E-state index in [4.69, 9.17) is 4.74 Å². The van der Waals surface area contributed by atoms with Crippen molar-refractivity contribution in [1.82, 2.24) is 0 Å². The van der Waals surface area contributed by atoms with E-state index in [1.165, 1.54) is 12.1 Å². The Hall–Kier alpha value is -1.36. The van der Waals surface area contributed by atoms with Crippen LogP contribution in [0.3, 0.4) is 0 Å². The summed E-state index contributed by atoms with van der Waals surface area (Å²) in [6, 6.07) is 6.43. The van der Waals surface area contributed by atoms with E-state index in [2.05, 4.69) is 17.0 Å². The van der Waals surface area contributed by atoms with Crippen LogP contribution in [0.5, 0.6) is 5.75 Å². The number of ether oxygens (including phenoxy) is 2. The molecule has 0 bridgehead atoms. The molecular weight excluding hydrogens is 228 g/mol. The maximum Gasteiger partial charge on any atom is 0.387 e. The molecule has 0 saturated carbocycles. The van der Waals surface area contributed by atoms with Crippen LogP contribution in [0.1, 0.15) is 6.92 Å². The maximum atomic E-state index is 11.9. The molecule has 17 heavy (non-hydrogen) atoms. The zero-order valence-corrected chi connectivity index (χ0v) is 9.95. The Labute approximate surface area is 99.7 Å². The fraction of sp³-hybridized carbons (Fsp3) is 0.500. The molecule has 1 unspecified atom stereocenters. The third-order valence-electron chi connectivity index (χ3n) is 2.19. The van der Waals surface area contributed by atoms with Crippen LogP contribution in [0.4, 0.5) is 14.5 Å². The van der Waals surface area contributed by atoms with E-state index >= 15 is 0 Å². The standard InChI is InChI=1S/C12H17F2NO2/c1-9(8-16-2)7-15-10-3-5-11(6-4-10)17-12(13)14/h3-6,9,12,15H,7-8H2,1-2H3. The lowest BCUT2D eigenvalue weighted by atomic mass is 10.2. The van der Waals surface area contributed by atoms with E-state index < -0.39 is 6.61 Å². The number of alkyl halides is 2. The number of benzene rings is 1. The Morgan fingerprint density at radius 1 is 1.24 bits per heavy atom. The SMILES string of the molecule is COCC(C)CNc1ccc(OC(F)F)cc1. The van der Waals surface area contributed by atoms with Crippen molar-refractivity contribution in [2.24, 2.45) is 5.92 Å². The largest absolute Gasteiger partial charge is 0.435 e. The van der Waals surface area contributed by atoms with Crippen LogP contribution in [0.15, 0.2) is 24.3 Å². The highest BCUT2D eigenvalue weighted by Gasteiger charge is 2.04. The minimum absolute atomic E-state index is 0.162. The summed E-state index contributed by atoms with van der Waals surface area (Å²) in [7, 11) is 1.66. The van der Waals surface area contributed by atoms with Gasteiger partial charge in [0.2, 0.25) is 0 Å². The summed E-state index contributed by atoms with van der Waals surface area (Å²) in [4.78, 5) is 0. The fourth-order valence-electron chi connectivity index (χ4n) is 1.39. The predicted octanol–water partition coefficient (Wildman–Crippen LogP) is 2.98. The first kappa shape index (κ1) is 13.7. The van der Waals surface area contributed by atoms with Gasteiger partial charge in [0.25, 0.3) is 0 Å². The lowest BCUT2D eigenvalue weighted by molar-refractivity contribution is -0.0498. The highest BCUT2D eigenvalue weighted by Crippen LogP contribution is 2.17. The van der Waals surface area contributed by atoms with Gasteiger partial charge in [0.05, 0.1) is 6.61 Å². The van der Waals surface area contributed by atoms with Gasteiger partial charge in [-0.2, -0.15) is 8.78 Å². The molecule has 1 atom stereocenters. The second kappa shape index (κ2) is 7.06. The van der Waals surface area contributed by atoms with Gasteiger partial charge in [0.15, 0.2) is 0 Å². The molecule has 0 aliphatic heterocycles. The molecule has 1 N–H and O–H groups in total. The lowest BCUT2D eigenvalue weighted by Crippen LogP contribution is -2.15. The minimum atomic E-state index is -2.78. The van der Waals surface area contributed by atoms with E-state index in [-0.39, 0.29) is 5.75 Å². The highest BCUT2D eigenvalue weighted by atomic mass is 19.3. The van der Waals surface area contributed by atoms with Crippen LogP contribution >= 0.6 is 0 Å². The predicted molar refractivity (Wildman–Crippen MR) is 62.6 cm³/mol. The van der Waals surface area contributed by atoms with Gasteiger partial charge >= 0.3 is 6.61 Å². The Morgan fingerprint density at radius 3 is 2.41 bits per heavy atom. The first-order chi connectivity index (χ1) is 8.11. The molecule has 0 spiro atoms. The van der Waals surface area contributed by atoms with Crippen molar-refractivity contribution in [2.45, 2.75) is 13.5 Å². The molecule has 0 aliphatic rings. The van der Waals surface area contributed by atoms with Crippen molar-refractivity contribution in [3.05, 3.63) is 24.3 Å². The molecule has 0 aromatic heterocycles. The Morgan fingerprint density at radius 2 is 1.88 bits per heavy atom. The van der Waals surface area contributed by atoms with Crippen LogP contribution in [-0.4, -0.2) is 26.9 Å². The van der Waals surface area contributed by atoms with Gasteiger partial charge in [0.1, 0.15) is 5.75 Å². The number of methoxy groups -OCH3 is 1. The van der Waals surface area contributed by atoms with E-state index in [0.717, 1.165) is 12.2 Å². The third kappa shape index (κ3) is 5.49. The molecule has 1 rings (SSSR count). The van der Waals surface area contributed by atoms with Crippen molar-refractivity contribution in [2.75, 3.05) is 25.6 Å². The highest BCUT2D eigenvalue weighted by molar-refractivity contribution is 5.46. The average Bonchev–Trinajstić information content (AvgIpc) is 2.28. The molecule has 0 amide bonds. The zero-order chi connectivity index (χ0) is 12.7. The first-order valence-electron chi connectivity index (χ1n) is 5.39. The molecule has 5 heteroatoms. The van der Waals surface area contributed by atoms with Crippen molar-refractivity contribution < 1.29 is 18.3 Å². The molecule has 0 radical (unpaired) electrons. The summed E-state index contributed by atoms with van der Waals surface area (Å²) < 4.78 is 33.1. The molecule has 0 saturated heterocycles. The van der Waals surface area contributed by atoms with Crippen molar-refractivity contribution >= 4 is 5.69 Å². The van der Waals surface area contributed by atoms with Crippen LogP contribution in [0.2, 0.25) is 0 Å². The average molecular weight is 245 g/mol. The molecule has 1 aromatic carbocycles. The second-order valence-corrected chi connectivity index (χ2v) is 3.84. The van der Waals surface area contributed by atoms with Gasteiger partial charge in [0, 0.05) is 19.3 Å². The quantitative estimate of drug-likeness (QED) is 0.801. The van der Waals surface area contributed by atoms with Gasteiger partial charge in [-0.25, -0.2) is 0 Å². The molecule has 0 aliphatic carbocycles. The van der Waals surface area contributed by atoms with Crippen LogP contribution in [0, 0.1) is 5.92 Å². The van der Waals surface area contributed by atoms with Gasteiger partial charge in [-0.15, -0.1) is 0 Å². The van der Waals surface area contributed by atoms with Gasteiger partial charge in [-0.05, 0) is 30.2 Å². The minimum Gasteiger partial charge on any atom is -0.435 e. The van der Waals surface area contributed by atoms with Gasteiger partial charge < -0.3 is 14.8 Å². The molecule has 0 heterocycles. The number of hydrogen-bond donors (Lipinski definition) is 1. The van der Waals surface area contributed by atoms with Gasteiger partial charge in [-0.1, -0.05) is 6.92 Å². The fourth-order valence-corrected chi connectivity index (χ4v) is 1.39. The third-order valence-corrected chi connectivity index (χ3v) is 2.19. The van der Waals surface area contributed by atoms with E-state index in [0.29, 0.717) is 12.5 Å². The lowest BCUT2D eigenvalue weighted by Gasteiger charge is -2.13. The monoisotopic (exact) mass is 245 g/mol.